The Morgan fingerprint density at radius 2 is 1.88 bits per heavy atom. The number of nitrogens with zero attached hydrogens (tertiary/aromatic N) is 5. The van der Waals surface area contributed by atoms with Crippen LogP contribution in [0.4, 0.5) is 0 Å². The van der Waals surface area contributed by atoms with E-state index in [1.54, 1.807) is 31.2 Å². The molecule has 26 heavy (non-hydrogen) atoms. The van der Waals surface area contributed by atoms with Gasteiger partial charge >= 0.3 is 0 Å². The quantitative estimate of drug-likeness (QED) is 0.705. The topological polar surface area (TPSA) is 112 Å². The van der Waals surface area contributed by atoms with Gasteiger partial charge in [0.25, 0.3) is 0 Å². The van der Waals surface area contributed by atoms with Crippen LogP contribution >= 0.6 is 0 Å². The van der Waals surface area contributed by atoms with Gasteiger partial charge in [0.05, 0.1) is 23.3 Å². The van der Waals surface area contributed by atoms with Crippen LogP contribution in [0, 0.1) is 22.7 Å². The SMILES string of the molecule is CCCCC(C#N)(Cn1ncnc1C#N)c1ccc(S(=O)(=O)CC)cc1. The first-order valence-corrected chi connectivity index (χ1v) is 10.1. The van der Waals surface area contributed by atoms with Gasteiger partial charge in [-0.1, -0.05) is 38.8 Å². The number of aromatic nitrogens is 3. The first-order valence-electron chi connectivity index (χ1n) is 8.45. The summed E-state index contributed by atoms with van der Waals surface area (Å²) < 4.78 is 25.5. The van der Waals surface area contributed by atoms with Crippen LogP contribution in [-0.2, 0) is 21.8 Å². The second-order valence-electron chi connectivity index (χ2n) is 6.08. The Kier molecular flexibility index (Phi) is 6.12. The summed E-state index contributed by atoms with van der Waals surface area (Å²) in [6, 6.07) is 10.8. The van der Waals surface area contributed by atoms with Crippen LogP contribution in [0.1, 0.15) is 44.5 Å². The molecule has 1 atom stereocenters. The summed E-state index contributed by atoms with van der Waals surface area (Å²) in [6.45, 7) is 3.82. The highest BCUT2D eigenvalue weighted by Gasteiger charge is 2.34. The maximum Gasteiger partial charge on any atom is 0.230 e. The Balaban J connectivity index is 2.47. The monoisotopic (exact) mass is 371 g/mol. The highest BCUT2D eigenvalue weighted by molar-refractivity contribution is 7.91. The summed E-state index contributed by atoms with van der Waals surface area (Å²) in [7, 11) is -3.30. The van der Waals surface area contributed by atoms with Crippen molar-refractivity contribution >= 4 is 9.84 Å². The lowest BCUT2D eigenvalue weighted by Gasteiger charge is -2.27. The maximum atomic E-state index is 12.0. The normalized spacial score (nSPS) is 13.5. The zero-order valence-electron chi connectivity index (χ0n) is 14.9. The van der Waals surface area contributed by atoms with Crippen LogP contribution in [0.5, 0.6) is 0 Å². The molecule has 0 radical (unpaired) electrons. The largest absolute Gasteiger partial charge is 0.235 e. The molecule has 0 aliphatic carbocycles. The third-order valence-corrected chi connectivity index (χ3v) is 6.20. The van der Waals surface area contributed by atoms with Crippen LogP contribution < -0.4 is 0 Å². The molecule has 0 bridgehead atoms. The van der Waals surface area contributed by atoms with Crippen molar-refractivity contribution in [2.75, 3.05) is 5.75 Å². The van der Waals surface area contributed by atoms with Gasteiger partial charge in [-0.2, -0.15) is 15.6 Å². The van der Waals surface area contributed by atoms with E-state index < -0.39 is 15.3 Å². The molecule has 7 nitrogen and oxygen atoms in total. The predicted molar refractivity (Wildman–Crippen MR) is 95.7 cm³/mol. The minimum Gasteiger partial charge on any atom is -0.235 e. The Morgan fingerprint density at radius 1 is 1.19 bits per heavy atom. The molecular formula is C18H21N5O2S. The number of rotatable bonds is 8. The lowest BCUT2D eigenvalue weighted by Crippen LogP contribution is -2.31. The molecule has 8 heteroatoms. The number of hydrogen-bond donors (Lipinski definition) is 0. The molecular weight excluding hydrogens is 350 g/mol. The van der Waals surface area contributed by atoms with E-state index in [4.69, 9.17) is 5.26 Å². The van der Waals surface area contributed by atoms with E-state index in [0.29, 0.717) is 12.0 Å². The molecule has 2 aromatic rings. The van der Waals surface area contributed by atoms with Crippen LogP contribution in [0.15, 0.2) is 35.5 Å². The van der Waals surface area contributed by atoms with Crippen molar-refractivity contribution in [3.63, 3.8) is 0 Å². The van der Waals surface area contributed by atoms with Gasteiger partial charge in [-0.25, -0.2) is 18.1 Å². The zero-order valence-corrected chi connectivity index (χ0v) is 15.7. The van der Waals surface area contributed by atoms with E-state index in [2.05, 4.69) is 16.2 Å². The molecule has 136 valence electrons. The van der Waals surface area contributed by atoms with Crippen molar-refractivity contribution in [1.29, 1.82) is 10.5 Å². The molecule has 0 spiro atoms. The van der Waals surface area contributed by atoms with Gasteiger partial charge in [0.15, 0.2) is 9.84 Å². The summed E-state index contributed by atoms with van der Waals surface area (Å²) >= 11 is 0. The molecule has 0 saturated heterocycles. The zero-order chi connectivity index (χ0) is 19.2. The Bertz CT molecular complexity index is 935. The fraction of sp³-hybridized carbons (Fsp3) is 0.444. The van der Waals surface area contributed by atoms with Crippen molar-refractivity contribution in [3.05, 3.63) is 42.0 Å². The number of hydrogen-bond acceptors (Lipinski definition) is 6. The van der Waals surface area contributed by atoms with E-state index in [0.717, 1.165) is 12.8 Å². The fourth-order valence-electron chi connectivity index (χ4n) is 2.82. The van der Waals surface area contributed by atoms with Crippen molar-refractivity contribution in [1.82, 2.24) is 14.8 Å². The second-order valence-corrected chi connectivity index (χ2v) is 8.36. The third-order valence-electron chi connectivity index (χ3n) is 4.45. The fourth-order valence-corrected chi connectivity index (χ4v) is 3.70. The number of benzene rings is 1. The number of unbranched alkanes of at least 4 members (excludes halogenated alkanes) is 1. The lowest BCUT2D eigenvalue weighted by molar-refractivity contribution is 0.388. The molecule has 1 unspecified atom stereocenters. The van der Waals surface area contributed by atoms with E-state index >= 15 is 0 Å². The lowest BCUT2D eigenvalue weighted by atomic mass is 9.77. The van der Waals surface area contributed by atoms with Crippen molar-refractivity contribution in [3.8, 4) is 12.1 Å². The number of nitriles is 2. The van der Waals surface area contributed by atoms with Gasteiger partial charge in [-0.05, 0) is 24.1 Å². The Hall–Kier alpha value is -2.71. The molecule has 1 aromatic heterocycles. The summed E-state index contributed by atoms with van der Waals surface area (Å²) in [6.07, 6.45) is 3.59. The summed E-state index contributed by atoms with van der Waals surface area (Å²) in [5, 5.41) is 23.2. The standard InChI is InChI=1S/C18H21N5O2S/c1-3-5-10-18(12-20,13-23-17(11-19)21-14-22-23)15-6-8-16(9-7-15)26(24,25)4-2/h6-9,14H,3-5,10,13H2,1-2H3. The molecule has 0 saturated carbocycles. The van der Waals surface area contributed by atoms with Gasteiger partial charge in [0, 0.05) is 0 Å². The molecule has 0 aliphatic rings. The molecule has 0 fully saturated rings. The maximum absolute atomic E-state index is 12.0. The van der Waals surface area contributed by atoms with E-state index in [-0.39, 0.29) is 23.0 Å². The van der Waals surface area contributed by atoms with Gasteiger partial charge in [0.2, 0.25) is 5.82 Å². The van der Waals surface area contributed by atoms with E-state index in [9.17, 15) is 13.7 Å². The first-order chi connectivity index (χ1) is 12.4. The van der Waals surface area contributed by atoms with E-state index in [1.807, 2.05) is 13.0 Å². The Labute approximate surface area is 153 Å². The highest BCUT2D eigenvalue weighted by atomic mass is 32.2. The first kappa shape index (κ1) is 19.6. The summed E-state index contributed by atoms with van der Waals surface area (Å²) in [5.41, 5.74) is -0.202. The highest BCUT2D eigenvalue weighted by Crippen LogP contribution is 2.32. The third kappa shape index (κ3) is 3.92. The minimum atomic E-state index is -3.30. The van der Waals surface area contributed by atoms with Crippen LogP contribution in [0.3, 0.4) is 0 Å². The minimum absolute atomic E-state index is 0.0239. The van der Waals surface area contributed by atoms with Crippen molar-refractivity contribution < 1.29 is 8.42 Å². The number of sulfone groups is 1. The Morgan fingerprint density at radius 3 is 2.42 bits per heavy atom. The smallest absolute Gasteiger partial charge is 0.230 e. The molecule has 1 aromatic carbocycles. The van der Waals surface area contributed by atoms with Gasteiger partial charge in [-0.3, -0.25) is 0 Å². The molecule has 0 amide bonds. The molecule has 1 heterocycles. The molecule has 0 aliphatic heterocycles. The van der Waals surface area contributed by atoms with Crippen LogP contribution in [-0.4, -0.2) is 28.9 Å². The second kappa shape index (κ2) is 8.11. The summed E-state index contributed by atoms with van der Waals surface area (Å²) in [4.78, 5) is 4.13. The predicted octanol–water partition coefficient (Wildman–Crippen LogP) is 2.60. The van der Waals surface area contributed by atoms with Crippen LogP contribution in [0.2, 0.25) is 0 Å². The van der Waals surface area contributed by atoms with Crippen molar-refractivity contribution in [2.45, 2.75) is 50.0 Å². The van der Waals surface area contributed by atoms with Gasteiger partial charge < -0.3 is 0 Å². The van der Waals surface area contributed by atoms with Crippen molar-refractivity contribution in [2.24, 2.45) is 0 Å². The average Bonchev–Trinajstić information content (AvgIpc) is 3.12. The molecule has 2 rings (SSSR count). The van der Waals surface area contributed by atoms with E-state index in [1.165, 1.54) is 11.0 Å². The van der Waals surface area contributed by atoms with Crippen LogP contribution in [0.25, 0.3) is 0 Å². The molecule has 0 N–H and O–H groups in total. The summed E-state index contributed by atoms with van der Waals surface area (Å²) in [5.74, 6) is 0.169. The average molecular weight is 371 g/mol. The van der Waals surface area contributed by atoms with Gasteiger partial charge in [-0.15, -0.1) is 0 Å². The van der Waals surface area contributed by atoms with Gasteiger partial charge in [0.1, 0.15) is 17.8 Å².